The van der Waals surface area contributed by atoms with E-state index in [0.717, 1.165) is 23.4 Å². The molecule has 22 heavy (non-hydrogen) atoms. The number of hydrogen-bond acceptors (Lipinski definition) is 5. The van der Waals surface area contributed by atoms with E-state index in [1.165, 1.54) is 10.4 Å². The van der Waals surface area contributed by atoms with Crippen molar-refractivity contribution in [1.29, 1.82) is 0 Å². The highest BCUT2D eigenvalue weighted by atomic mass is 32.1. The summed E-state index contributed by atoms with van der Waals surface area (Å²) in [5.41, 5.74) is 5.26. The van der Waals surface area contributed by atoms with Crippen molar-refractivity contribution in [3.8, 4) is 16.2 Å². The quantitative estimate of drug-likeness (QED) is 0.719. The summed E-state index contributed by atoms with van der Waals surface area (Å²) in [7, 11) is 0. The zero-order valence-corrected chi connectivity index (χ0v) is 14.0. The van der Waals surface area contributed by atoms with E-state index in [2.05, 4.69) is 30.1 Å². The van der Waals surface area contributed by atoms with Crippen LogP contribution >= 0.6 is 11.3 Å². The second kappa shape index (κ2) is 8.88. The number of aliphatic hydroxyl groups excluding tert-OH is 1. The van der Waals surface area contributed by atoms with E-state index in [0.29, 0.717) is 26.2 Å². The lowest BCUT2D eigenvalue weighted by molar-refractivity contribution is 0.0881. The van der Waals surface area contributed by atoms with Gasteiger partial charge in [0.1, 0.15) is 12.4 Å². The van der Waals surface area contributed by atoms with E-state index in [1.54, 1.807) is 11.3 Å². The number of aliphatic hydroxyl groups is 1. The average molecular weight is 321 g/mol. The number of ether oxygens (including phenoxy) is 2. The van der Waals surface area contributed by atoms with Crippen LogP contribution in [0, 0.1) is 6.92 Å². The maximum atomic E-state index is 8.70. The standard InChI is InChI=1S/C17H23NO3S/c1-3-14-5-6-15(17-13(2)18-12-22-17)11-16(14)21-10-9-20-8-4-7-19/h5-6,11-12,19H,3-4,7-10H2,1-2H3. The molecule has 0 amide bonds. The van der Waals surface area contributed by atoms with Crippen LogP contribution in [-0.2, 0) is 11.2 Å². The Balaban J connectivity index is 2.01. The summed E-state index contributed by atoms with van der Waals surface area (Å²) < 4.78 is 11.3. The van der Waals surface area contributed by atoms with Crippen molar-refractivity contribution in [2.24, 2.45) is 0 Å². The topological polar surface area (TPSA) is 51.6 Å². The fourth-order valence-electron chi connectivity index (χ4n) is 2.18. The molecule has 1 N–H and O–H groups in total. The van der Waals surface area contributed by atoms with Gasteiger partial charge in [-0.2, -0.15) is 0 Å². The smallest absolute Gasteiger partial charge is 0.123 e. The highest BCUT2D eigenvalue weighted by Gasteiger charge is 2.09. The molecule has 0 atom stereocenters. The monoisotopic (exact) mass is 321 g/mol. The Hall–Kier alpha value is -1.43. The van der Waals surface area contributed by atoms with Gasteiger partial charge in [-0.25, -0.2) is 4.98 Å². The molecule has 0 aliphatic rings. The van der Waals surface area contributed by atoms with Crippen molar-refractivity contribution >= 4 is 11.3 Å². The van der Waals surface area contributed by atoms with Gasteiger partial charge in [-0.1, -0.05) is 19.1 Å². The second-order valence-electron chi connectivity index (χ2n) is 4.98. The minimum absolute atomic E-state index is 0.164. The highest BCUT2D eigenvalue weighted by molar-refractivity contribution is 7.13. The molecule has 120 valence electrons. The maximum Gasteiger partial charge on any atom is 0.123 e. The Morgan fingerprint density at radius 2 is 2.09 bits per heavy atom. The van der Waals surface area contributed by atoms with Crippen molar-refractivity contribution < 1.29 is 14.6 Å². The number of thiazole rings is 1. The van der Waals surface area contributed by atoms with Crippen molar-refractivity contribution in [3.05, 3.63) is 35.0 Å². The molecule has 2 rings (SSSR count). The van der Waals surface area contributed by atoms with Crippen LogP contribution in [0.15, 0.2) is 23.7 Å². The molecule has 0 aliphatic carbocycles. The number of hydrogen-bond donors (Lipinski definition) is 1. The normalized spacial score (nSPS) is 10.9. The molecule has 0 aliphatic heterocycles. The fourth-order valence-corrected chi connectivity index (χ4v) is 2.98. The minimum Gasteiger partial charge on any atom is -0.491 e. The molecule has 1 heterocycles. The van der Waals surface area contributed by atoms with Crippen LogP contribution in [-0.4, -0.2) is 36.5 Å². The van der Waals surface area contributed by atoms with E-state index in [-0.39, 0.29) is 6.61 Å². The molecule has 0 spiro atoms. The first-order chi connectivity index (χ1) is 10.8. The Labute approximate surface area is 135 Å². The number of rotatable bonds is 9. The summed E-state index contributed by atoms with van der Waals surface area (Å²) in [5, 5.41) is 8.70. The zero-order chi connectivity index (χ0) is 15.8. The van der Waals surface area contributed by atoms with Crippen LogP contribution in [0.3, 0.4) is 0 Å². The zero-order valence-electron chi connectivity index (χ0n) is 13.2. The summed E-state index contributed by atoms with van der Waals surface area (Å²) >= 11 is 1.65. The van der Waals surface area contributed by atoms with Gasteiger partial charge in [-0.05, 0) is 37.0 Å². The Morgan fingerprint density at radius 1 is 1.23 bits per heavy atom. The summed E-state index contributed by atoms with van der Waals surface area (Å²) in [4.78, 5) is 5.49. The molecule has 1 aromatic heterocycles. The molecule has 0 saturated carbocycles. The molecule has 2 aromatic rings. The Bertz CT molecular complexity index is 583. The lowest BCUT2D eigenvalue weighted by Gasteiger charge is -2.12. The molecule has 0 fully saturated rings. The lowest BCUT2D eigenvalue weighted by atomic mass is 10.1. The minimum atomic E-state index is 0.164. The highest BCUT2D eigenvalue weighted by Crippen LogP contribution is 2.32. The van der Waals surface area contributed by atoms with Crippen LogP contribution in [0.1, 0.15) is 24.6 Å². The predicted octanol–water partition coefficient (Wildman–Crippen LogP) is 3.46. The van der Waals surface area contributed by atoms with Crippen LogP contribution in [0.2, 0.25) is 0 Å². The third-order valence-corrected chi connectivity index (χ3v) is 4.37. The van der Waals surface area contributed by atoms with Crippen LogP contribution < -0.4 is 4.74 Å². The van der Waals surface area contributed by atoms with Gasteiger partial charge in [-0.15, -0.1) is 11.3 Å². The van der Waals surface area contributed by atoms with Crippen molar-refractivity contribution in [3.63, 3.8) is 0 Å². The first-order valence-electron chi connectivity index (χ1n) is 7.61. The summed E-state index contributed by atoms with van der Waals surface area (Å²) in [6, 6.07) is 6.34. The Kier molecular flexibility index (Phi) is 6.83. The molecular weight excluding hydrogens is 298 g/mol. The third kappa shape index (κ3) is 4.53. The first kappa shape index (κ1) is 16.9. The number of benzene rings is 1. The van der Waals surface area contributed by atoms with E-state index < -0.39 is 0 Å². The lowest BCUT2D eigenvalue weighted by Crippen LogP contribution is -2.09. The average Bonchev–Trinajstić information content (AvgIpc) is 2.96. The first-order valence-corrected chi connectivity index (χ1v) is 8.49. The second-order valence-corrected chi connectivity index (χ2v) is 5.84. The summed E-state index contributed by atoms with van der Waals surface area (Å²) in [5.74, 6) is 0.915. The van der Waals surface area contributed by atoms with Crippen LogP contribution in [0.25, 0.3) is 10.4 Å². The van der Waals surface area contributed by atoms with Gasteiger partial charge in [0.05, 0.1) is 22.7 Å². The summed E-state index contributed by atoms with van der Waals surface area (Å²) in [6.07, 6.45) is 1.60. The molecule has 0 saturated heterocycles. The third-order valence-electron chi connectivity index (χ3n) is 3.39. The largest absolute Gasteiger partial charge is 0.491 e. The van der Waals surface area contributed by atoms with Crippen LogP contribution in [0.5, 0.6) is 5.75 Å². The predicted molar refractivity (Wildman–Crippen MR) is 89.7 cm³/mol. The van der Waals surface area contributed by atoms with E-state index in [4.69, 9.17) is 14.6 Å². The molecule has 5 heteroatoms. The van der Waals surface area contributed by atoms with Gasteiger partial charge in [0, 0.05) is 13.2 Å². The van der Waals surface area contributed by atoms with Crippen molar-refractivity contribution in [1.82, 2.24) is 4.98 Å². The number of nitrogens with zero attached hydrogens (tertiary/aromatic N) is 1. The van der Waals surface area contributed by atoms with Gasteiger partial charge in [0.25, 0.3) is 0 Å². The molecule has 4 nitrogen and oxygen atoms in total. The van der Waals surface area contributed by atoms with Gasteiger partial charge >= 0.3 is 0 Å². The maximum absolute atomic E-state index is 8.70. The SMILES string of the molecule is CCc1ccc(-c2scnc2C)cc1OCCOCCCO. The van der Waals surface area contributed by atoms with Crippen molar-refractivity contribution in [2.75, 3.05) is 26.4 Å². The van der Waals surface area contributed by atoms with Gasteiger partial charge in [0.2, 0.25) is 0 Å². The summed E-state index contributed by atoms with van der Waals surface area (Å²) in [6.45, 7) is 5.93. The van der Waals surface area contributed by atoms with E-state index in [1.807, 2.05) is 12.4 Å². The fraction of sp³-hybridized carbons (Fsp3) is 0.471. The van der Waals surface area contributed by atoms with Gasteiger partial charge in [0.15, 0.2) is 0 Å². The van der Waals surface area contributed by atoms with Crippen molar-refractivity contribution in [2.45, 2.75) is 26.7 Å². The van der Waals surface area contributed by atoms with E-state index >= 15 is 0 Å². The molecular formula is C17H23NO3S. The number of aryl methyl sites for hydroxylation is 2. The van der Waals surface area contributed by atoms with Gasteiger partial charge in [-0.3, -0.25) is 0 Å². The number of aromatic nitrogens is 1. The molecule has 0 unspecified atom stereocenters. The molecule has 0 radical (unpaired) electrons. The van der Waals surface area contributed by atoms with E-state index in [9.17, 15) is 0 Å². The Morgan fingerprint density at radius 3 is 2.77 bits per heavy atom. The molecule has 0 bridgehead atoms. The van der Waals surface area contributed by atoms with Gasteiger partial charge < -0.3 is 14.6 Å². The van der Waals surface area contributed by atoms with Crippen LogP contribution in [0.4, 0.5) is 0 Å². The molecule has 1 aromatic carbocycles.